The first-order chi connectivity index (χ1) is 9.83. The Morgan fingerprint density at radius 3 is 2.57 bits per heavy atom. The van der Waals surface area contributed by atoms with Gasteiger partial charge < -0.3 is 4.74 Å². The summed E-state index contributed by atoms with van der Waals surface area (Å²) in [7, 11) is -2.40. The molecule has 5 nitrogen and oxygen atoms in total. The summed E-state index contributed by atoms with van der Waals surface area (Å²) in [6, 6.07) is 5.79. The van der Waals surface area contributed by atoms with Crippen molar-refractivity contribution in [3.8, 4) is 5.75 Å². The molecule has 0 aliphatic heterocycles. The quantitative estimate of drug-likeness (QED) is 0.773. The summed E-state index contributed by atoms with van der Waals surface area (Å²) < 4.78 is 32.7. The van der Waals surface area contributed by atoms with Crippen molar-refractivity contribution in [3.05, 3.63) is 45.1 Å². The monoisotopic (exact) mass is 410 g/mol. The van der Waals surface area contributed by atoms with E-state index in [0.717, 1.165) is 6.20 Å². The molecule has 1 N–H and O–H groups in total. The summed E-state index contributed by atoms with van der Waals surface area (Å²) >= 11 is 14.8. The molecule has 0 unspecified atom stereocenters. The van der Waals surface area contributed by atoms with E-state index in [-0.39, 0.29) is 15.7 Å². The molecule has 0 saturated carbocycles. The SMILES string of the molecule is COc1c(Br)cc(Cl)cc1NS(=O)(=O)c1ccc(Cl)nc1. The third kappa shape index (κ3) is 3.79. The van der Waals surface area contributed by atoms with E-state index in [1.807, 2.05) is 0 Å². The van der Waals surface area contributed by atoms with E-state index in [0.29, 0.717) is 15.2 Å². The molecule has 21 heavy (non-hydrogen) atoms. The first-order valence-corrected chi connectivity index (χ1v) is 8.54. The number of aromatic nitrogens is 1. The van der Waals surface area contributed by atoms with E-state index >= 15 is 0 Å². The van der Waals surface area contributed by atoms with Gasteiger partial charge in [0.1, 0.15) is 10.0 Å². The summed E-state index contributed by atoms with van der Waals surface area (Å²) in [5, 5.41) is 0.562. The Morgan fingerprint density at radius 2 is 2.00 bits per heavy atom. The number of halogens is 3. The second kappa shape index (κ2) is 6.39. The van der Waals surface area contributed by atoms with E-state index in [4.69, 9.17) is 27.9 Å². The number of rotatable bonds is 4. The van der Waals surface area contributed by atoms with Crippen LogP contribution in [0.15, 0.2) is 39.8 Å². The predicted molar refractivity (Wildman–Crippen MR) is 85.8 cm³/mol. The Balaban J connectivity index is 2.43. The average Bonchev–Trinajstić information content (AvgIpc) is 2.38. The fourth-order valence-corrected chi connectivity index (χ4v) is 3.65. The van der Waals surface area contributed by atoms with Crippen molar-refractivity contribution in [3.63, 3.8) is 0 Å². The molecule has 1 heterocycles. The highest BCUT2D eigenvalue weighted by atomic mass is 79.9. The minimum atomic E-state index is -3.83. The van der Waals surface area contributed by atoms with Crippen LogP contribution in [0, 0.1) is 0 Å². The zero-order chi connectivity index (χ0) is 15.6. The number of hydrogen-bond donors (Lipinski definition) is 1. The molecule has 0 bridgehead atoms. The van der Waals surface area contributed by atoms with E-state index in [9.17, 15) is 8.42 Å². The molecule has 0 saturated heterocycles. The first kappa shape index (κ1) is 16.4. The number of benzene rings is 1. The van der Waals surface area contributed by atoms with Crippen molar-refractivity contribution in [2.45, 2.75) is 4.90 Å². The highest BCUT2D eigenvalue weighted by molar-refractivity contribution is 9.10. The molecule has 0 radical (unpaired) electrons. The van der Waals surface area contributed by atoms with Crippen molar-refractivity contribution in [2.24, 2.45) is 0 Å². The van der Waals surface area contributed by atoms with Gasteiger partial charge in [-0.2, -0.15) is 0 Å². The number of nitrogens with zero attached hydrogens (tertiary/aromatic N) is 1. The maximum absolute atomic E-state index is 12.3. The summed E-state index contributed by atoms with van der Waals surface area (Å²) in [4.78, 5) is 3.72. The van der Waals surface area contributed by atoms with E-state index in [1.165, 1.54) is 25.3 Å². The van der Waals surface area contributed by atoms with E-state index in [2.05, 4.69) is 25.6 Å². The second-order valence-corrected chi connectivity index (χ2v) is 7.25. The Labute approximate surface area is 140 Å². The highest BCUT2D eigenvalue weighted by Gasteiger charge is 2.19. The number of anilines is 1. The maximum atomic E-state index is 12.3. The Kier molecular flexibility index (Phi) is 4.98. The number of hydrogen-bond acceptors (Lipinski definition) is 4. The lowest BCUT2D eigenvalue weighted by Gasteiger charge is -2.13. The number of pyridine rings is 1. The van der Waals surface area contributed by atoms with Gasteiger partial charge in [0.2, 0.25) is 0 Å². The second-order valence-electron chi connectivity index (χ2n) is 3.89. The zero-order valence-corrected chi connectivity index (χ0v) is 14.5. The first-order valence-electron chi connectivity index (χ1n) is 5.51. The predicted octanol–water partition coefficient (Wildman–Crippen LogP) is 3.96. The molecule has 0 spiro atoms. The minimum absolute atomic E-state index is 0.0231. The van der Waals surface area contributed by atoms with Crippen LogP contribution in [-0.2, 0) is 10.0 Å². The molecular weight excluding hydrogens is 403 g/mol. The third-order valence-corrected chi connectivity index (χ3v) is 4.85. The summed E-state index contributed by atoms with van der Waals surface area (Å²) in [6.45, 7) is 0. The fourth-order valence-electron chi connectivity index (χ4n) is 1.57. The molecule has 1 aromatic heterocycles. The van der Waals surface area contributed by atoms with Crippen LogP contribution in [0.25, 0.3) is 0 Å². The number of ether oxygens (including phenoxy) is 1. The van der Waals surface area contributed by atoms with Crippen LogP contribution in [0.5, 0.6) is 5.75 Å². The topological polar surface area (TPSA) is 68.3 Å². The van der Waals surface area contributed by atoms with Gasteiger partial charge in [-0.25, -0.2) is 13.4 Å². The lowest BCUT2D eigenvalue weighted by Crippen LogP contribution is -2.14. The van der Waals surface area contributed by atoms with Crippen LogP contribution in [0.1, 0.15) is 0 Å². The van der Waals surface area contributed by atoms with Crippen molar-refractivity contribution in [1.82, 2.24) is 4.98 Å². The van der Waals surface area contributed by atoms with Gasteiger partial charge in [-0.3, -0.25) is 4.72 Å². The normalized spacial score (nSPS) is 11.2. The Bertz CT molecular complexity index is 767. The molecule has 2 aromatic rings. The third-order valence-electron chi connectivity index (χ3n) is 2.47. The molecule has 112 valence electrons. The smallest absolute Gasteiger partial charge is 0.263 e. The van der Waals surface area contributed by atoms with E-state index < -0.39 is 10.0 Å². The molecule has 0 aliphatic rings. The summed E-state index contributed by atoms with van der Waals surface area (Å²) in [5.41, 5.74) is 0.215. The Morgan fingerprint density at radius 1 is 1.29 bits per heavy atom. The van der Waals surface area contributed by atoms with Crippen LogP contribution >= 0.6 is 39.1 Å². The average molecular weight is 412 g/mol. The number of sulfonamides is 1. The molecule has 1 aromatic carbocycles. The lowest BCUT2D eigenvalue weighted by atomic mass is 10.3. The van der Waals surface area contributed by atoms with Gasteiger partial charge in [-0.1, -0.05) is 23.2 Å². The fraction of sp³-hybridized carbons (Fsp3) is 0.0833. The molecule has 0 atom stereocenters. The number of methoxy groups -OCH3 is 1. The molecule has 0 fully saturated rings. The molecule has 0 amide bonds. The van der Waals surface area contributed by atoms with Gasteiger partial charge in [0.15, 0.2) is 5.75 Å². The van der Waals surface area contributed by atoms with Gasteiger partial charge in [0, 0.05) is 11.2 Å². The summed E-state index contributed by atoms with van der Waals surface area (Å²) in [6.07, 6.45) is 1.16. The standard InChI is InChI=1S/C12H9BrCl2N2O3S/c1-20-12-9(13)4-7(14)5-10(12)17-21(18,19)8-2-3-11(15)16-6-8/h2-6,17H,1H3. The van der Waals surface area contributed by atoms with Crippen LogP contribution < -0.4 is 9.46 Å². The molecule has 2 rings (SSSR count). The Hall–Kier alpha value is -1.02. The lowest BCUT2D eigenvalue weighted by molar-refractivity contribution is 0.414. The van der Waals surface area contributed by atoms with Crippen LogP contribution in [0.2, 0.25) is 10.2 Å². The molecular formula is C12H9BrCl2N2O3S. The van der Waals surface area contributed by atoms with Gasteiger partial charge in [-0.05, 0) is 40.2 Å². The minimum Gasteiger partial charge on any atom is -0.493 e. The van der Waals surface area contributed by atoms with E-state index in [1.54, 1.807) is 6.07 Å². The highest BCUT2D eigenvalue weighted by Crippen LogP contribution is 2.37. The zero-order valence-electron chi connectivity index (χ0n) is 10.6. The van der Waals surface area contributed by atoms with Crippen LogP contribution in [0.3, 0.4) is 0 Å². The van der Waals surface area contributed by atoms with Gasteiger partial charge in [0.25, 0.3) is 10.0 Å². The van der Waals surface area contributed by atoms with Gasteiger partial charge in [-0.15, -0.1) is 0 Å². The van der Waals surface area contributed by atoms with Crippen LogP contribution in [-0.4, -0.2) is 20.5 Å². The van der Waals surface area contributed by atoms with Crippen molar-refractivity contribution in [2.75, 3.05) is 11.8 Å². The summed E-state index contributed by atoms with van der Waals surface area (Å²) in [5.74, 6) is 0.324. The maximum Gasteiger partial charge on any atom is 0.263 e. The largest absolute Gasteiger partial charge is 0.493 e. The molecule has 9 heteroatoms. The van der Waals surface area contributed by atoms with Crippen molar-refractivity contribution < 1.29 is 13.2 Å². The van der Waals surface area contributed by atoms with Crippen LogP contribution in [0.4, 0.5) is 5.69 Å². The molecule has 0 aliphatic carbocycles. The van der Waals surface area contributed by atoms with Crippen molar-refractivity contribution in [1.29, 1.82) is 0 Å². The van der Waals surface area contributed by atoms with Crippen molar-refractivity contribution >= 4 is 54.8 Å². The van der Waals surface area contributed by atoms with Gasteiger partial charge >= 0.3 is 0 Å². The van der Waals surface area contributed by atoms with Gasteiger partial charge in [0.05, 0.1) is 17.3 Å². The number of nitrogens with one attached hydrogen (secondary N) is 1.